The number of oxazole rings is 1. The van der Waals surface area contributed by atoms with E-state index < -0.39 is 0 Å². The van der Waals surface area contributed by atoms with Gasteiger partial charge in [-0.2, -0.15) is 5.10 Å². The highest BCUT2D eigenvalue weighted by molar-refractivity contribution is 5.79. The summed E-state index contributed by atoms with van der Waals surface area (Å²) in [5.41, 5.74) is 3.83. The van der Waals surface area contributed by atoms with E-state index in [1.165, 1.54) is 24.9 Å². The number of hydrogen-bond acceptors (Lipinski definition) is 5. The molecule has 1 amide bonds. The van der Waals surface area contributed by atoms with E-state index in [2.05, 4.69) is 4.98 Å². The summed E-state index contributed by atoms with van der Waals surface area (Å²) in [5.74, 6) is 0.513. The van der Waals surface area contributed by atoms with Crippen LogP contribution in [0.15, 0.2) is 17.1 Å². The van der Waals surface area contributed by atoms with E-state index in [1.807, 2.05) is 9.58 Å². The van der Waals surface area contributed by atoms with E-state index in [0.29, 0.717) is 25.6 Å². The van der Waals surface area contributed by atoms with Crippen molar-refractivity contribution >= 4 is 5.91 Å². The minimum atomic E-state index is 0.209. The molecule has 0 unspecified atom stereocenters. The molecule has 1 aliphatic carbocycles. The molecule has 0 N–H and O–H groups in total. The molecule has 0 spiro atoms. The quantitative estimate of drug-likeness (QED) is 0.832. The van der Waals surface area contributed by atoms with E-state index in [1.54, 1.807) is 13.4 Å². The first-order valence-corrected chi connectivity index (χ1v) is 9.02. The largest absolute Gasteiger partial charge is 0.451 e. The summed E-state index contributed by atoms with van der Waals surface area (Å²) in [6, 6.07) is 0. The van der Waals surface area contributed by atoms with Crippen LogP contribution in [0.4, 0.5) is 0 Å². The lowest BCUT2D eigenvalue weighted by Crippen LogP contribution is -2.39. The summed E-state index contributed by atoms with van der Waals surface area (Å²) in [4.78, 5) is 19.1. The van der Waals surface area contributed by atoms with Crippen LogP contribution in [0.25, 0.3) is 11.4 Å². The van der Waals surface area contributed by atoms with Gasteiger partial charge in [-0.3, -0.25) is 9.48 Å². The van der Waals surface area contributed by atoms with Crippen molar-refractivity contribution in [3.05, 3.63) is 23.9 Å². The molecule has 7 heteroatoms. The van der Waals surface area contributed by atoms with E-state index >= 15 is 0 Å². The van der Waals surface area contributed by atoms with Gasteiger partial charge in [0, 0.05) is 43.8 Å². The number of amides is 1. The van der Waals surface area contributed by atoms with E-state index in [9.17, 15) is 4.79 Å². The SMILES string of the molecule is COCCn1nc(-c2cocn2)c2c1CCN(C(=O)C1CCCC1)C2. The molecule has 1 aliphatic heterocycles. The number of rotatable bonds is 5. The fourth-order valence-corrected chi connectivity index (χ4v) is 4.01. The number of nitrogens with zero attached hydrogens (tertiary/aromatic N) is 4. The second kappa shape index (κ2) is 7.00. The Morgan fingerprint density at radius 1 is 1.40 bits per heavy atom. The topological polar surface area (TPSA) is 73.4 Å². The Morgan fingerprint density at radius 3 is 2.96 bits per heavy atom. The van der Waals surface area contributed by atoms with Crippen LogP contribution in [-0.4, -0.2) is 45.8 Å². The molecular weight excluding hydrogens is 320 g/mol. The number of methoxy groups -OCH3 is 1. The molecule has 4 rings (SSSR count). The molecule has 1 saturated carbocycles. The number of aromatic nitrogens is 3. The van der Waals surface area contributed by atoms with Gasteiger partial charge in [-0.05, 0) is 12.8 Å². The van der Waals surface area contributed by atoms with Crippen molar-refractivity contribution in [3.63, 3.8) is 0 Å². The molecule has 2 aromatic rings. The van der Waals surface area contributed by atoms with Gasteiger partial charge < -0.3 is 14.1 Å². The Hall–Kier alpha value is -2.15. The van der Waals surface area contributed by atoms with Gasteiger partial charge in [0.1, 0.15) is 17.7 Å². The number of fused-ring (bicyclic) bond motifs is 1. The average molecular weight is 344 g/mol. The summed E-state index contributed by atoms with van der Waals surface area (Å²) >= 11 is 0. The maximum absolute atomic E-state index is 12.8. The molecule has 0 atom stereocenters. The van der Waals surface area contributed by atoms with Crippen molar-refractivity contribution in [2.24, 2.45) is 5.92 Å². The predicted molar refractivity (Wildman–Crippen MR) is 90.7 cm³/mol. The minimum absolute atomic E-state index is 0.209. The highest BCUT2D eigenvalue weighted by atomic mass is 16.5. The fraction of sp³-hybridized carbons (Fsp3) is 0.611. The highest BCUT2D eigenvalue weighted by Gasteiger charge is 2.32. The average Bonchev–Trinajstić information content (AvgIpc) is 3.39. The summed E-state index contributed by atoms with van der Waals surface area (Å²) < 4.78 is 12.3. The number of hydrogen-bond donors (Lipinski definition) is 0. The molecule has 0 saturated heterocycles. The van der Waals surface area contributed by atoms with Gasteiger partial charge in [-0.15, -0.1) is 0 Å². The molecule has 0 aromatic carbocycles. The summed E-state index contributed by atoms with van der Waals surface area (Å²) in [6.07, 6.45) is 8.27. The third-order valence-corrected chi connectivity index (χ3v) is 5.33. The second-order valence-electron chi connectivity index (χ2n) is 6.85. The van der Waals surface area contributed by atoms with E-state index in [4.69, 9.17) is 14.3 Å². The van der Waals surface area contributed by atoms with Crippen LogP contribution in [0.2, 0.25) is 0 Å². The van der Waals surface area contributed by atoms with Crippen LogP contribution in [0.5, 0.6) is 0 Å². The Bertz CT molecular complexity index is 732. The third kappa shape index (κ3) is 3.08. The number of ether oxygens (including phenoxy) is 1. The Morgan fingerprint density at radius 2 is 2.24 bits per heavy atom. The van der Waals surface area contributed by atoms with Crippen molar-refractivity contribution < 1.29 is 13.9 Å². The normalized spacial score (nSPS) is 17.9. The van der Waals surface area contributed by atoms with Gasteiger partial charge in [-0.25, -0.2) is 4.98 Å². The van der Waals surface area contributed by atoms with Gasteiger partial charge in [0.15, 0.2) is 6.39 Å². The molecule has 2 aromatic heterocycles. The maximum Gasteiger partial charge on any atom is 0.225 e. The van der Waals surface area contributed by atoms with Gasteiger partial charge in [0.05, 0.1) is 13.2 Å². The fourth-order valence-electron chi connectivity index (χ4n) is 4.01. The highest BCUT2D eigenvalue weighted by Crippen LogP contribution is 2.32. The number of carbonyl (C=O) groups excluding carboxylic acids is 1. The molecule has 3 heterocycles. The zero-order valence-corrected chi connectivity index (χ0v) is 14.6. The van der Waals surface area contributed by atoms with E-state index in [0.717, 1.165) is 42.8 Å². The molecule has 25 heavy (non-hydrogen) atoms. The van der Waals surface area contributed by atoms with Crippen LogP contribution in [0, 0.1) is 5.92 Å². The molecule has 1 fully saturated rings. The lowest BCUT2D eigenvalue weighted by molar-refractivity contribution is -0.136. The van der Waals surface area contributed by atoms with Gasteiger partial charge in [0.2, 0.25) is 5.91 Å². The van der Waals surface area contributed by atoms with Crippen LogP contribution < -0.4 is 0 Å². The van der Waals surface area contributed by atoms with Gasteiger partial charge >= 0.3 is 0 Å². The smallest absolute Gasteiger partial charge is 0.225 e. The first-order valence-electron chi connectivity index (χ1n) is 9.02. The zero-order valence-electron chi connectivity index (χ0n) is 14.6. The molecule has 0 radical (unpaired) electrons. The van der Waals surface area contributed by atoms with Crippen LogP contribution >= 0.6 is 0 Å². The van der Waals surface area contributed by atoms with Crippen molar-refractivity contribution in [3.8, 4) is 11.4 Å². The Labute approximate surface area is 147 Å². The maximum atomic E-state index is 12.8. The van der Waals surface area contributed by atoms with Gasteiger partial charge in [0.25, 0.3) is 0 Å². The summed E-state index contributed by atoms with van der Waals surface area (Å²) in [7, 11) is 1.69. The van der Waals surface area contributed by atoms with Gasteiger partial charge in [-0.1, -0.05) is 12.8 Å². The van der Waals surface area contributed by atoms with Crippen LogP contribution in [0.3, 0.4) is 0 Å². The van der Waals surface area contributed by atoms with Crippen LogP contribution in [-0.2, 0) is 29.0 Å². The second-order valence-corrected chi connectivity index (χ2v) is 6.85. The van der Waals surface area contributed by atoms with Crippen molar-refractivity contribution in [2.75, 3.05) is 20.3 Å². The lowest BCUT2D eigenvalue weighted by atomic mass is 10.0. The third-order valence-electron chi connectivity index (χ3n) is 5.33. The molecule has 134 valence electrons. The summed E-state index contributed by atoms with van der Waals surface area (Å²) in [6.45, 7) is 2.68. The lowest BCUT2D eigenvalue weighted by Gasteiger charge is -2.30. The van der Waals surface area contributed by atoms with E-state index in [-0.39, 0.29) is 5.92 Å². The first-order chi connectivity index (χ1) is 12.3. The number of carbonyl (C=O) groups is 1. The zero-order chi connectivity index (χ0) is 17.2. The molecule has 2 aliphatic rings. The predicted octanol–water partition coefficient (Wildman–Crippen LogP) is 2.26. The van der Waals surface area contributed by atoms with Crippen molar-refractivity contribution in [1.82, 2.24) is 19.7 Å². The summed E-state index contributed by atoms with van der Waals surface area (Å²) in [5, 5.41) is 4.74. The minimum Gasteiger partial charge on any atom is -0.451 e. The Balaban J connectivity index is 1.63. The first kappa shape index (κ1) is 16.3. The Kier molecular flexibility index (Phi) is 4.57. The molecular formula is C18H24N4O3. The molecule has 7 nitrogen and oxygen atoms in total. The monoisotopic (exact) mass is 344 g/mol. The standard InChI is InChI=1S/C18H24N4O3/c1-24-9-8-22-16-6-7-21(18(23)13-4-2-3-5-13)10-14(16)17(20-22)15-11-25-12-19-15/h11-13H,2-10H2,1H3. The van der Waals surface area contributed by atoms with Crippen molar-refractivity contribution in [1.29, 1.82) is 0 Å². The molecule has 0 bridgehead atoms. The van der Waals surface area contributed by atoms with Crippen molar-refractivity contribution in [2.45, 2.75) is 45.2 Å². The van der Waals surface area contributed by atoms with Crippen LogP contribution in [0.1, 0.15) is 36.9 Å².